The fourth-order valence-corrected chi connectivity index (χ4v) is 3.52. The van der Waals surface area contributed by atoms with Crippen molar-refractivity contribution in [2.75, 3.05) is 25.9 Å². The van der Waals surface area contributed by atoms with Crippen molar-refractivity contribution >= 4 is 23.9 Å². The molecular weight excluding hydrogens is 380 g/mol. The fourth-order valence-electron chi connectivity index (χ4n) is 3.11. The van der Waals surface area contributed by atoms with E-state index < -0.39 is 0 Å². The van der Waals surface area contributed by atoms with E-state index >= 15 is 0 Å². The maximum atomic E-state index is 10.3. The van der Waals surface area contributed by atoms with Crippen LogP contribution in [0.5, 0.6) is 5.75 Å². The van der Waals surface area contributed by atoms with Crippen molar-refractivity contribution in [1.82, 2.24) is 19.7 Å². The second-order valence-corrected chi connectivity index (χ2v) is 7.55. The fraction of sp³-hybridized carbons (Fsp3) is 0.304. The average Bonchev–Trinajstić information content (AvgIpc) is 3.16. The third kappa shape index (κ3) is 5.49. The summed E-state index contributed by atoms with van der Waals surface area (Å²) in [4.78, 5) is 8.29. The molecule has 1 N–H and O–H groups in total. The first-order chi connectivity index (χ1) is 14.1. The molecule has 3 rings (SSSR count). The molecule has 0 bridgehead atoms. The van der Waals surface area contributed by atoms with E-state index in [-0.39, 0.29) is 5.75 Å². The van der Waals surface area contributed by atoms with Gasteiger partial charge in [0.2, 0.25) is 0 Å². The van der Waals surface area contributed by atoms with Gasteiger partial charge in [-0.25, -0.2) is 9.67 Å². The number of phenolic OH excluding ortho intramolecular Hbond substituents is 1. The predicted octanol–water partition coefficient (Wildman–Crippen LogP) is 4.88. The molecule has 6 heteroatoms. The second-order valence-electron chi connectivity index (χ2n) is 6.67. The molecule has 0 fully saturated rings. The summed E-state index contributed by atoms with van der Waals surface area (Å²) in [5.74, 6) is 1.54. The maximum absolute atomic E-state index is 10.3. The number of nitrogens with zero attached hydrogens (tertiary/aromatic N) is 4. The summed E-state index contributed by atoms with van der Waals surface area (Å²) < 4.78 is 1.89. The summed E-state index contributed by atoms with van der Waals surface area (Å²) >= 11 is 1.73. The number of thioether (sulfide) groups is 1. The van der Waals surface area contributed by atoms with Crippen molar-refractivity contribution < 1.29 is 5.11 Å². The van der Waals surface area contributed by atoms with Crippen LogP contribution in [-0.4, -0.2) is 50.7 Å². The molecule has 0 spiro atoms. The molecule has 0 radical (unpaired) electrons. The highest BCUT2D eigenvalue weighted by molar-refractivity contribution is 7.98. The minimum absolute atomic E-state index is 0.215. The molecule has 1 aromatic heterocycles. The van der Waals surface area contributed by atoms with Gasteiger partial charge in [0, 0.05) is 11.4 Å². The van der Waals surface area contributed by atoms with Crippen molar-refractivity contribution in [3.8, 4) is 17.1 Å². The molecule has 152 valence electrons. The highest BCUT2D eigenvalue weighted by Gasteiger charge is 2.14. The van der Waals surface area contributed by atoms with E-state index in [2.05, 4.69) is 49.3 Å². The third-order valence-corrected chi connectivity index (χ3v) is 5.64. The Morgan fingerprint density at radius 3 is 2.41 bits per heavy atom. The molecule has 1 heterocycles. The first-order valence-corrected chi connectivity index (χ1v) is 11.1. The lowest BCUT2D eigenvalue weighted by atomic mass is 10.2. The number of hydrogen-bond acceptors (Lipinski definition) is 5. The minimum atomic E-state index is 0.215. The zero-order valence-electron chi connectivity index (χ0n) is 17.2. The monoisotopic (exact) mass is 408 g/mol. The Balaban J connectivity index is 1.88. The quantitative estimate of drug-likeness (QED) is 0.511. The second kappa shape index (κ2) is 10.3. The number of hydrogen-bond donors (Lipinski definition) is 1. The van der Waals surface area contributed by atoms with E-state index in [1.165, 1.54) is 4.90 Å². The normalized spacial score (nSPS) is 11.6. The number of benzene rings is 2. The first-order valence-electron chi connectivity index (χ1n) is 9.92. The third-order valence-electron chi connectivity index (χ3n) is 4.90. The van der Waals surface area contributed by atoms with E-state index in [1.54, 1.807) is 17.8 Å². The Hall–Kier alpha value is -2.57. The Labute approximate surface area is 177 Å². The van der Waals surface area contributed by atoms with Crippen LogP contribution in [0.2, 0.25) is 0 Å². The number of para-hydroxylation sites is 1. The Morgan fingerprint density at radius 1 is 1.03 bits per heavy atom. The number of likely N-dealkylation sites (N-methyl/N-ethyl adjacent to an activating group) is 1. The molecule has 29 heavy (non-hydrogen) atoms. The topological polar surface area (TPSA) is 54.2 Å². The number of aromatic hydroxyl groups is 1. The van der Waals surface area contributed by atoms with Gasteiger partial charge in [-0.3, -0.25) is 0 Å². The zero-order valence-corrected chi connectivity index (χ0v) is 18.1. The molecule has 0 aliphatic heterocycles. The highest BCUT2D eigenvalue weighted by Crippen LogP contribution is 2.27. The van der Waals surface area contributed by atoms with Crippen LogP contribution < -0.4 is 0 Å². The van der Waals surface area contributed by atoms with Crippen LogP contribution in [0.25, 0.3) is 23.5 Å². The van der Waals surface area contributed by atoms with Gasteiger partial charge in [-0.05, 0) is 55.3 Å². The minimum Gasteiger partial charge on any atom is -0.507 e. The van der Waals surface area contributed by atoms with Gasteiger partial charge >= 0.3 is 0 Å². The van der Waals surface area contributed by atoms with Crippen molar-refractivity contribution in [3.05, 3.63) is 59.9 Å². The van der Waals surface area contributed by atoms with Crippen LogP contribution in [-0.2, 0) is 6.54 Å². The smallest absolute Gasteiger partial charge is 0.174 e. The van der Waals surface area contributed by atoms with Crippen LogP contribution >= 0.6 is 11.8 Å². The molecule has 0 atom stereocenters. The van der Waals surface area contributed by atoms with Crippen LogP contribution in [0, 0.1) is 0 Å². The number of phenols is 1. The zero-order chi connectivity index (χ0) is 20.6. The SMILES string of the molecule is CCN(CC)CCn1nc(/C=C/c2ccc(SC)cc2)nc1-c1ccccc1O. The molecule has 5 nitrogen and oxygen atoms in total. The van der Waals surface area contributed by atoms with E-state index in [0.717, 1.165) is 25.2 Å². The van der Waals surface area contributed by atoms with Gasteiger partial charge in [0.15, 0.2) is 11.6 Å². The van der Waals surface area contributed by atoms with E-state index in [9.17, 15) is 5.11 Å². The Morgan fingerprint density at radius 2 is 1.76 bits per heavy atom. The molecule has 0 saturated heterocycles. The summed E-state index contributed by atoms with van der Waals surface area (Å²) in [6.45, 7) is 7.91. The van der Waals surface area contributed by atoms with Crippen LogP contribution in [0.15, 0.2) is 53.4 Å². The summed E-state index contributed by atoms with van der Waals surface area (Å²) in [5.41, 5.74) is 1.80. The summed E-state index contributed by atoms with van der Waals surface area (Å²) in [6.07, 6.45) is 6.01. The van der Waals surface area contributed by atoms with Crippen LogP contribution in [0.4, 0.5) is 0 Å². The molecule has 3 aromatic rings. The molecule has 0 saturated carbocycles. The molecule has 0 aliphatic carbocycles. The first kappa shape index (κ1) is 21.1. The van der Waals surface area contributed by atoms with Gasteiger partial charge in [0.1, 0.15) is 5.75 Å². The lowest BCUT2D eigenvalue weighted by Gasteiger charge is -2.18. The lowest BCUT2D eigenvalue weighted by molar-refractivity contribution is 0.286. The van der Waals surface area contributed by atoms with Gasteiger partial charge in [0.25, 0.3) is 0 Å². The Kier molecular flexibility index (Phi) is 7.49. The molecule has 2 aromatic carbocycles. The standard InChI is InChI=1S/C23H28N4OS/c1-4-26(5-2)16-17-27-23(20-8-6-7-9-21(20)28)24-22(25-27)15-12-18-10-13-19(29-3)14-11-18/h6-15,28H,4-5,16-17H2,1-3H3/b15-12+. The van der Waals surface area contributed by atoms with Gasteiger partial charge in [-0.15, -0.1) is 11.8 Å². The van der Waals surface area contributed by atoms with E-state index in [1.807, 2.05) is 35.0 Å². The predicted molar refractivity (Wildman–Crippen MR) is 122 cm³/mol. The van der Waals surface area contributed by atoms with Crippen molar-refractivity contribution in [3.63, 3.8) is 0 Å². The largest absolute Gasteiger partial charge is 0.507 e. The van der Waals surface area contributed by atoms with Gasteiger partial charge in [-0.1, -0.05) is 44.2 Å². The summed E-state index contributed by atoms with van der Waals surface area (Å²) in [6, 6.07) is 15.7. The van der Waals surface area contributed by atoms with Crippen molar-refractivity contribution in [2.45, 2.75) is 25.3 Å². The Bertz CT molecular complexity index is 946. The van der Waals surface area contributed by atoms with Gasteiger partial charge in [0.05, 0.1) is 12.1 Å². The van der Waals surface area contributed by atoms with Crippen molar-refractivity contribution in [1.29, 1.82) is 0 Å². The maximum Gasteiger partial charge on any atom is 0.174 e. The van der Waals surface area contributed by atoms with Gasteiger partial charge in [-0.2, -0.15) is 5.10 Å². The van der Waals surface area contributed by atoms with E-state index in [4.69, 9.17) is 10.1 Å². The lowest BCUT2D eigenvalue weighted by Crippen LogP contribution is -2.27. The molecular formula is C23H28N4OS. The van der Waals surface area contributed by atoms with Gasteiger partial charge < -0.3 is 10.0 Å². The summed E-state index contributed by atoms with van der Waals surface area (Å²) in [5, 5.41) is 15.0. The highest BCUT2D eigenvalue weighted by atomic mass is 32.2. The van der Waals surface area contributed by atoms with E-state index in [0.29, 0.717) is 23.8 Å². The molecule has 0 unspecified atom stereocenters. The van der Waals surface area contributed by atoms with Crippen molar-refractivity contribution in [2.24, 2.45) is 0 Å². The molecule has 0 amide bonds. The molecule has 0 aliphatic rings. The van der Waals surface area contributed by atoms with Crippen LogP contribution in [0.1, 0.15) is 25.2 Å². The van der Waals surface area contributed by atoms with Crippen LogP contribution in [0.3, 0.4) is 0 Å². The average molecular weight is 409 g/mol. The number of aromatic nitrogens is 3. The number of rotatable bonds is 9. The summed E-state index contributed by atoms with van der Waals surface area (Å²) in [7, 11) is 0.